The first kappa shape index (κ1) is 27.4. The second-order valence-corrected chi connectivity index (χ2v) is 9.77. The Kier molecular flexibility index (Phi) is 10.2. The van der Waals surface area contributed by atoms with E-state index in [2.05, 4.69) is 127 Å². The van der Waals surface area contributed by atoms with Gasteiger partial charge >= 0.3 is 0 Å². The van der Waals surface area contributed by atoms with Crippen molar-refractivity contribution in [3.05, 3.63) is 115 Å². The SMILES string of the molecule is C=C/C=C\CC(=C/N(C)C(CC)CC)/C(C=C)=C1\c2ccccc2C(C)(C)C(C=C)C1/C=C\C. The Morgan fingerprint density at radius 2 is 1.79 bits per heavy atom. The van der Waals surface area contributed by atoms with E-state index in [4.69, 9.17) is 0 Å². The van der Waals surface area contributed by atoms with E-state index < -0.39 is 0 Å². The van der Waals surface area contributed by atoms with Gasteiger partial charge < -0.3 is 4.90 Å². The van der Waals surface area contributed by atoms with Crippen LogP contribution < -0.4 is 0 Å². The first-order valence-electron chi connectivity index (χ1n) is 12.7. The van der Waals surface area contributed by atoms with Gasteiger partial charge in [0.1, 0.15) is 0 Å². The van der Waals surface area contributed by atoms with Crippen molar-refractivity contribution in [2.75, 3.05) is 7.05 Å². The van der Waals surface area contributed by atoms with E-state index >= 15 is 0 Å². The van der Waals surface area contributed by atoms with Gasteiger partial charge in [-0.15, -0.1) is 6.58 Å². The summed E-state index contributed by atoms with van der Waals surface area (Å²) in [5.41, 5.74) is 6.55. The summed E-state index contributed by atoms with van der Waals surface area (Å²) >= 11 is 0. The number of hydrogen-bond donors (Lipinski definition) is 0. The third-order valence-electron chi connectivity index (χ3n) is 7.45. The minimum Gasteiger partial charge on any atom is -0.377 e. The van der Waals surface area contributed by atoms with Crippen molar-refractivity contribution >= 4 is 5.57 Å². The van der Waals surface area contributed by atoms with Gasteiger partial charge in [0, 0.05) is 25.2 Å². The molecule has 182 valence electrons. The Balaban J connectivity index is 2.91. The van der Waals surface area contributed by atoms with Gasteiger partial charge in [0.2, 0.25) is 0 Å². The van der Waals surface area contributed by atoms with Crippen molar-refractivity contribution in [2.24, 2.45) is 11.8 Å². The van der Waals surface area contributed by atoms with Crippen molar-refractivity contribution < 1.29 is 0 Å². The fourth-order valence-electron chi connectivity index (χ4n) is 5.61. The Bertz CT molecular complexity index is 978. The van der Waals surface area contributed by atoms with Crippen LogP contribution in [0.25, 0.3) is 5.57 Å². The van der Waals surface area contributed by atoms with E-state index in [1.807, 2.05) is 12.2 Å². The molecule has 0 spiro atoms. The second-order valence-electron chi connectivity index (χ2n) is 9.77. The number of rotatable bonds is 11. The predicted molar refractivity (Wildman–Crippen MR) is 153 cm³/mol. The molecule has 0 saturated heterocycles. The molecule has 0 bridgehead atoms. The van der Waals surface area contributed by atoms with E-state index in [9.17, 15) is 0 Å². The Labute approximate surface area is 209 Å². The molecule has 0 amide bonds. The van der Waals surface area contributed by atoms with Crippen LogP contribution in [-0.4, -0.2) is 18.0 Å². The summed E-state index contributed by atoms with van der Waals surface area (Å²) in [6.45, 7) is 23.8. The smallest absolute Gasteiger partial charge is 0.0276 e. The van der Waals surface area contributed by atoms with Crippen LogP contribution >= 0.6 is 0 Å². The molecule has 0 saturated carbocycles. The van der Waals surface area contributed by atoms with E-state index in [0.717, 1.165) is 19.3 Å². The summed E-state index contributed by atoms with van der Waals surface area (Å²) in [7, 11) is 2.20. The van der Waals surface area contributed by atoms with Gasteiger partial charge in [0.05, 0.1) is 0 Å². The standard InChI is InChI=1S/C33H45N/c1-10-16-17-21-25(24-34(9)26(12-3)13-4)27(14-5)32-28(20-11-2)30(15-6)33(7,8)31-23-19-18-22-29(31)32/h10-11,14-20,22-24,26,28,30H,1,5-6,12-13,21H2,2-4,7-9H3/b17-16-,20-11-,25-24-,32-27-. The van der Waals surface area contributed by atoms with Gasteiger partial charge in [-0.3, -0.25) is 0 Å². The van der Waals surface area contributed by atoms with E-state index in [1.165, 1.54) is 27.8 Å². The lowest BCUT2D eigenvalue weighted by atomic mass is 9.58. The monoisotopic (exact) mass is 455 g/mol. The number of hydrogen-bond acceptors (Lipinski definition) is 1. The lowest BCUT2D eigenvalue weighted by Gasteiger charge is -2.45. The number of nitrogens with zero attached hydrogens (tertiary/aromatic N) is 1. The van der Waals surface area contributed by atoms with Gasteiger partial charge in [-0.2, -0.15) is 0 Å². The maximum absolute atomic E-state index is 4.32. The third kappa shape index (κ3) is 5.63. The first-order chi connectivity index (χ1) is 16.3. The summed E-state index contributed by atoms with van der Waals surface area (Å²) in [6, 6.07) is 9.41. The largest absolute Gasteiger partial charge is 0.377 e. The number of benzene rings is 1. The number of fused-ring (bicyclic) bond motifs is 1. The Morgan fingerprint density at radius 1 is 1.12 bits per heavy atom. The second kappa shape index (κ2) is 12.6. The molecular formula is C33H45N. The highest BCUT2D eigenvalue weighted by Gasteiger charge is 2.43. The average molecular weight is 456 g/mol. The van der Waals surface area contributed by atoms with Crippen molar-refractivity contribution in [2.45, 2.75) is 65.3 Å². The normalized spacial score (nSPS) is 21.6. The molecule has 1 aromatic rings. The van der Waals surface area contributed by atoms with Crippen LogP contribution in [0, 0.1) is 11.8 Å². The molecule has 1 heteroatoms. The molecule has 1 aromatic carbocycles. The van der Waals surface area contributed by atoms with Crippen molar-refractivity contribution in [3.63, 3.8) is 0 Å². The molecule has 1 aliphatic carbocycles. The van der Waals surface area contributed by atoms with Crippen molar-refractivity contribution in [1.82, 2.24) is 4.90 Å². The molecule has 1 aliphatic rings. The molecule has 0 radical (unpaired) electrons. The zero-order valence-electron chi connectivity index (χ0n) is 22.4. The fraction of sp³-hybridized carbons (Fsp3) is 0.394. The summed E-state index contributed by atoms with van der Waals surface area (Å²) in [5, 5.41) is 0. The molecule has 0 aromatic heterocycles. The molecule has 2 rings (SSSR count). The van der Waals surface area contributed by atoms with E-state index in [0.29, 0.717) is 6.04 Å². The fourth-order valence-corrected chi connectivity index (χ4v) is 5.61. The predicted octanol–water partition coefficient (Wildman–Crippen LogP) is 9.05. The molecule has 0 heterocycles. The summed E-state index contributed by atoms with van der Waals surface area (Å²) in [5.74, 6) is 0.510. The van der Waals surface area contributed by atoms with Crippen molar-refractivity contribution in [3.8, 4) is 0 Å². The quantitative estimate of drug-likeness (QED) is 0.237. The molecule has 0 fully saturated rings. The Hall–Kier alpha value is -2.80. The molecular weight excluding hydrogens is 410 g/mol. The zero-order chi connectivity index (χ0) is 25.3. The lowest BCUT2D eigenvalue weighted by molar-refractivity contribution is 0.310. The van der Waals surface area contributed by atoms with Crippen LogP contribution in [0.5, 0.6) is 0 Å². The minimum absolute atomic E-state index is 0.0166. The van der Waals surface area contributed by atoms with Crippen LogP contribution in [0.2, 0.25) is 0 Å². The molecule has 2 atom stereocenters. The highest BCUT2D eigenvalue weighted by Crippen LogP contribution is 2.52. The number of allylic oxidation sites excluding steroid dienone is 10. The Morgan fingerprint density at radius 3 is 2.35 bits per heavy atom. The van der Waals surface area contributed by atoms with Gasteiger partial charge in [0.25, 0.3) is 0 Å². The van der Waals surface area contributed by atoms with Crippen LogP contribution in [0.3, 0.4) is 0 Å². The molecule has 2 unspecified atom stereocenters. The van der Waals surface area contributed by atoms with Crippen LogP contribution in [0.15, 0.2) is 104 Å². The first-order valence-corrected chi connectivity index (χ1v) is 12.7. The van der Waals surface area contributed by atoms with Gasteiger partial charge in [0.15, 0.2) is 0 Å². The van der Waals surface area contributed by atoms with Crippen LogP contribution in [0.1, 0.15) is 65.0 Å². The lowest BCUT2D eigenvalue weighted by Crippen LogP contribution is -2.38. The van der Waals surface area contributed by atoms with E-state index in [-0.39, 0.29) is 17.3 Å². The van der Waals surface area contributed by atoms with Crippen LogP contribution in [-0.2, 0) is 5.41 Å². The topological polar surface area (TPSA) is 3.24 Å². The maximum Gasteiger partial charge on any atom is 0.0276 e. The molecule has 34 heavy (non-hydrogen) atoms. The van der Waals surface area contributed by atoms with Crippen molar-refractivity contribution in [1.29, 1.82) is 0 Å². The molecule has 1 nitrogen and oxygen atoms in total. The summed E-state index contributed by atoms with van der Waals surface area (Å²) < 4.78 is 0. The van der Waals surface area contributed by atoms with Gasteiger partial charge in [-0.05, 0) is 65.4 Å². The zero-order valence-corrected chi connectivity index (χ0v) is 22.4. The third-order valence-corrected chi connectivity index (χ3v) is 7.45. The highest BCUT2D eigenvalue weighted by atomic mass is 15.1. The summed E-state index contributed by atoms with van der Waals surface area (Å²) in [4.78, 5) is 2.38. The summed E-state index contributed by atoms with van der Waals surface area (Å²) in [6.07, 6.45) is 20.2. The van der Waals surface area contributed by atoms with Gasteiger partial charge in [-0.25, -0.2) is 0 Å². The highest BCUT2D eigenvalue weighted by molar-refractivity contribution is 5.82. The molecule has 0 aliphatic heterocycles. The average Bonchev–Trinajstić information content (AvgIpc) is 2.82. The maximum atomic E-state index is 4.32. The van der Waals surface area contributed by atoms with E-state index in [1.54, 1.807) is 0 Å². The molecule has 0 N–H and O–H groups in total. The van der Waals surface area contributed by atoms with Gasteiger partial charge in [-0.1, -0.05) is 108 Å². The van der Waals surface area contributed by atoms with Crippen LogP contribution in [0.4, 0.5) is 0 Å². The minimum atomic E-state index is -0.0166.